The molecular formula is C40H38O4. The largest absolute Gasteiger partial charge is 0.289 e. The van der Waals surface area contributed by atoms with Crippen molar-refractivity contribution in [3.05, 3.63) is 140 Å². The Balaban J connectivity index is 1.32. The molecule has 2 unspecified atom stereocenters. The van der Waals surface area contributed by atoms with Crippen molar-refractivity contribution in [1.82, 2.24) is 0 Å². The van der Waals surface area contributed by atoms with Crippen LogP contribution in [0.2, 0.25) is 0 Å². The van der Waals surface area contributed by atoms with E-state index in [4.69, 9.17) is 9.78 Å². The molecule has 2 spiro atoms. The van der Waals surface area contributed by atoms with E-state index < -0.39 is 11.2 Å². The second-order valence-corrected chi connectivity index (χ2v) is 13.0. The molecule has 4 aromatic rings. The van der Waals surface area contributed by atoms with Crippen molar-refractivity contribution < 1.29 is 19.4 Å². The third-order valence-electron chi connectivity index (χ3n) is 10.4. The summed E-state index contributed by atoms with van der Waals surface area (Å²) >= 11 is 0. The number of ketones is 2. The van der Waals surface area contributed by atoms with E-state index in [1.54, 1.807) is 0 Å². The van der Waals surface area contributed by atoms with E-state index in [0.29, 0.717) is 22.3 Å². The fourth-order valence-corrected chi connectivity index (χ4v) is 8.33. The van der Waals surface area contributed by atoms with Gasteiger partial charge in [0.1, 0.15) is 0 Å². The van der Waals surface area contributed by atoms with Gasteiger partial charge < -0.3 is 0 Å². The van der Waals surface area contributed by atoms with Gasteiger partial charge in [0, 0.05) is 55.6 Å². The third-order valence-corrected chi connectivity index (χ3v) is 10.4. The van der Waals surface area contributed by atoms with Crippen molar-refractivity contribution in [1.29, 1.82) is 0 Å². The van der Waals surface area contributed by atoms with Crippen LogP contribution >= 0.6 is 0 Å². The molecule has 0 aromatic heterocycles. The Morgan fingerprint density at radius 3 is 1.39 bits per heavy atom. The molecule has 2 aliphatic heterocycles. The van der Waals surface area contributed by atoms with E-state index in [2.05, 4.69) is 62.4 Å². The zero-order valence-corrected chi connectivity index (χ0v) is 25.6. The van der Waals surface area contributed by atoms with Crippen LogP contribution in [0.15, 0.2) is 72.8 Å². The van der Waals surface area contributed by atoms with Crippen LogP contribution in [0, 0.1) is 0 Å². The molecule has 0 N–H and O–H groups in total. The summed E-state index contributed by atoms with van der Waals surface area (Å²) in [5, 5.41) is 0. The highest BCUT2D eigenvalue weighted by molar-refractivity contribution is 6.16. The molecule has 4 aromatic carbocycles. The summed E-state index contributed by atoms with van der Waals surface area (Å²) in [4.78, 5) is 41.9. The maximum Gasteiger partial charge on any atom is 0.193 e. The first-order valence-electron chi connectivity index (χ1n) is 16.6. The number of hydrogen-bond acceptors (Lipinski definition) is 4. The summed E-state index contributed by atoms with van der Waals surface area (Å²) in [6, 6.07) is 24.4. The van der Waals surface area contributed by atoms with Gasteiger partial charge in [-0.05, 0) is 48.9 Å². The van der Waals surface area contributed by atoms with E-state index in [-0.39, 0.29) is 11.6 Å². The van der Waals surface area contributed by atoms with Gasteiger partial charge in [-0.3, -0.25) is 9.59 Å². The Hall–Kier alpha value is -3.86. The number of carbonyl (C=O) groups is 2. The second kappa shape index (κ2) is 10.4. The minimum atomic E-state index is -1.12. The van der Waals surface area contributed by atoms with Gasteiger partial charge in [-0.2, -0.15) is 0 Å². The molecule has 0 saturated heterocycles. The SMILES string of the molecule is CCCCCCc1ccc2c(c1)C(=O)c1cccc3c1C21OOC32c3ccc(CCCCCC)cc3C(=O)c3cccc1c32. The summed E-state index contributed by atoms with van der Waals surface area (Å²) in [6.45, 7) is 4.43. The number of hydrogen-bond donors (Lipinski definition) is 0. The number of benzene rings is 4. The summed E-state index contributed by atoms with van der Waals surface area (Å²) in [5.74, 6) is 0.0512. The van der Waals surface area contributed by atoms with Gasteiger partial charge >= 0.3 is 0 Å². The highest BCUT2D eigenvalue weighted by Gasteiger charge is 2.66. The first-order valence-corrected chi connectivity index (χ1v) is 16.6. The van der Waals surface area contributed by atoms with Gasteiger partial charge in [0.05, 0.1) is 0 Å². The predicted molar refractivity (Wildman–Crippen MR) is 170 cm³/mol. The lowest BCUT2D eigenvalue weighted by Gasteiger charge is -2.57. The minimum Gasteiger partial charge on any atom is -0.289 e. The Bertz CT molecular complexity index is 1720. The number of fused-ring (bicyclic) bond motifs is 3. The van der Waals surface area contributed by atoms with Gasteiger partial charge in [-0.25, -0.2) is 9.78 Å². The minimum absolute atomic E-state index is 0.0256. The fourth-order valence-electron chi connectivity index (χ4n) is 8.33. The lowest BCUT2D eigenvalue weighted by Crippen LogP contribution is -2.57. The molecule has 44 heavy (non-hydrogen) atoms. The molecule has 4 nitrogen and oxygen atoms in total. The number of carbonyl (C=O) groups excluding carboxylic acids is 2. The highest BCUT2D eigenvalue weighted by atomic mass is 17.2. The molecule has 0 saturated carbocycles. The van der Waals surface area contributed by atoms with Crippen molar-refractivity contribution in [2.45, 2.75) is 89.3 Å². The standard InChI is InChI=1S/C40H38O4/c1-3-5-7-9-13-25-19-21-31-29(23-25)37(41)27-15-11-18-34-35(27)39(31)33-17-12-16-28-36(33)40(34,44-43-39)32-22-20-26(14-10-8-6-4-2)24-30(32)38(28)42/h11-12,15-24H,3-10,13-14H2,1-2H3. The third kappa shape index (κ3) is 3.59. The first kappa shape index (κ1) is 27.7. The van der Waals surface area contributed by atoms with Gasteiger partial charge in [-0.1, -0.05) is 113 Å². The molecule has 3 aliphatic carbocycles. The highest BCUT2D eigenvalue weighted by Crippen LogP contribution is 2.65. The normalized spacial score (nSPS) is 21.5. The predicted octanol–water partition coefficient (Wildman–Crippen LogP) is 8.88. The van der Waals surface area contributed by atoms with Gasteiger partial charge in [0.15, 0.2) is 22.8 Å². The molecule has 0 amide bonds. The van der Waals surface area contributed by atoms with Gasteiger partial charge in [0.2, 0.25) is 0 Å². The first-order chi connectivity index (χ1) is 21.6. The van der Waals surface area contributed by atoms with Crippen molar-refractivity contribution >= 4 is 11.6 Å². The van der Waals surface area contributed by atoms with Crippen LogP contribution in [0.5, 0.6) is 0 Å². The molecule has 9 rings (SSSR count). The van der Waals surface area contributed by atoms with Gasteiger partial charge in [-0.15, -0.1) is 0 Å². The van der Waals surface area contributed by atoms with E-state index in [1.165, 1.54) is 38.5 Å². The summed E-state index contributed by atoms with van der Waals surface area (Å²) < 4.78 is 0. The van der Waals surface area contributed by atoms with Crippen LogP contribution in [0.4, 0.5) is 0 Å². The van der Waals surface area contributed by atoms with Crippen LogP contribution in [-0.2, 0) is 33.8 Å². The van der Waals surface area contributed by atoms with E-state index in [9.17, 15) is 9.59 Å². The molecule has 2 atom stereocenters. The molecule has 4 heteroatoms. The smallest absolute Gasteiger partial charge is 0.193 e. The maximum atomic E-state index is 14.3. The van der Waals surface area contributed by atoms with Crippen molar-refractivity contribution in [3.8, 4) is 0 Å². The van der Waals surface area contributed by atoms with Crippen LogP contribution in [0.1, 0.15) is 142 Å². The van der Waals surface area contributed by atoms with E-state index in [1.807, 2.05) is 24.3 Å². The molecule has 2 heterocycles. The van der Waals surface area contributed by atoms with Crippen LogP contribution in [-0.4, -0.2) is 11.6 Å². The molecule has 0 fully saturated rings. The molecule has 5 aliphatic rings. The lowest BCUT2D eigenvalue weighted by atomic mass is 9.55. The van der Waals surface area contributed by atoms with Crippen LogP contribution < -0.4 is 0 Å². The van der Waals surface area contributed by atoms with Crippen molar-refractivity contribution in [3.63, 3.8) is 0 Å². The Kier molecular flexibility index (Phi) is 6.51. The fraction of sp³-hybridized carbons (Fsp3) is 0.350. The zero-order valence-electron chi connectivity index (χ0n) is 25.6. The summed E-state index contributed by atoms with van der Waals surface area (Å²) in [5.41, 5.74) is 7.80. The molecular weight excluding hydrogens is 544 g/mol. The number of unbranched alkanes of at least 4 members (excludes halogenated alkanes) is 6. The monoisotopic (exact) mass is 582 g/mol. The summed E-state index contributed by atoms with van der Waals surface area (Å²) in [6.07, 6.45) is 11.3. The number of rotatable bonds is 10. The maximum absolute atomic E-state index is 14.3. The second-order valence-electron chi connectivity index (χ2n) is 13.0. The van der Waals surface area contributed by atoms with Gasteiger partial charge in [0.25, 0.3) is 0 Å². The lowest BCUT2D eigenvalue weighted by molar-refractivity contribution is -0.410. The van der Waals surface area contributed by atoms with Crippen LogP contribution in [0.3, 0.4) is 0 Å². The Labute approximate surface area is 259 Å². The Morgan fingerprint density at radius 1 is 0.500 bits per heavy atom. The number of aryl methyl sites for hydroxylation is 2. The zero-order chi connectivity index (χ0) is 30.1. The van der Waals surface area contributed by atoms with Crippen molar-refractivity contribution in [2.75, 3.05) is 0 Å². The summed E-state index contributed by atoms with van der Waals surface area (Å²) in [7, 11) is 0. The molecule has 222 valence electrons. The quantitative estimate of drug-likeness (QED) is 0.138. The van der Waals surface area contributed by atoms with Crippen molar-refractivity contribution in [2.24, 2.45) is 0 Å². The average Bonchev–Trinajstić information content (AvgIpc) is 3.07. The molecule has 0 radical (unpaired) electrons. The van der Waals surface area contributed by atoms with E-state index in [0.717, 1.165) is 70.2 Å². The topological polar surface area (TPSA) is 52.6 Å². The molecule has 2 bridgehead atoms. The van der Waals surface area contributed by atoms with E-state index >= 15 is 0 Å². The average molecular weight is 583 g/mol. The van der Waals surface area contributed by atoms with Crippen LogP contribution in [0.25, 0.3) is 0 Å². The Morgan fingerprint density at radius 2 is 0.955 bits per heavy atom.